The SMILES string of the molecule is Cc1ccc2c(c1C)S(=O)(=O)NC(=NCC1CCN(C(=O)OC(C)(C)C)CC1)N2. The molecule has 0 spiro atoms. The summed E-state index contributed by atoms with van der Waals surface area (Å²) in [6, 6.07) is 3.66. The first-order valence-electron chi connectivity index (χ1n) is 9.89. The fourth-order valence-electron chi connectivity index (χ4n) is 3.48. The van der Waals surface area contributed by atoms with Crippen LogP contribution in [0.2, 0.25) is 0 Å². The Kier molecular flexibility index (Phi) is 5.80. The summed E-state index contributed by atoms with van der Waals surface area (Å²) in [7, 11) is -3.65. The van der Waals surface area contributed by atoms with E-state index in [0.29, 0.717) is 25.3 Å². The number of sulfonamides is 1. The predicted octanol–water partition coefficient (Wildman–Crippen LogP) is 3.01. The third-order valence-electron chi connectivity index (χ3n) is 5.20. The molecule has 160 valence electrons. The van der Waals surface area contributed by atoms with Gasteiger partial charge in [0.2, 0.25) is 5.96 Å². The van der Waals surface area contributed by atoms with Gasteiger partial charge in [-0.1, -0.05) is 6.07 Å². The molecule has 8 nitrogen and oxygen atoms in total. The maximum absolute atomic E-state index is 12.6. The van der Waals surface area contributed by atoms with E-state index in [2.05, 4.69) is 15.0 Å². The normalized spacial score (nSPS) is 20.6. The Balaban J connectivity index is 1.61. The number of hydrogen-bond acceptors (Lipinski definition) is 5. The van der Waals surface area contributed by atoms with Crippen LogP contribution in [0.25, 0.3) is 0 Å². The lowest BCUT2D eigenvalue weighted by Crippen LogP contribution is -2.43. The van der Waals surface area contributed by atoms with E-state index in [1.54, 1.807) is 17.9 Å². The number of guanidine groups is 1. The van der Waals surface area contributed by atoms with Gasteiger partial charge in [0, 0.05) is 19.6 Å². The Bertz CT molecular complexity index is 927. The molecule has 1 aromatic carbocycles. The average Bonchev–Trinajstić information content (AvgIpc) is 2.61. The van der Waals surface area contributed by atoms with E-state index in [4.69, 9.17) is 4.74 Å². The minimum absolute atomic E-state index is 0.246. The zero-order valence-corrected chi connectivity index (χ0v) is 18.5. The number of carbonyl (C=O) groups is 1. The average molecular weight is 423 g/mol. The van der Waals surface area contributed by atoms with Crippen LogP contribution in [-0.4, -0.2) is 50.6 Å². The molecule has 0 radical (unpaired) electrons. The Morgan fingerprint density at radius 3 is 2.52 bits per heavy atom. The summed E-state index contributed by atoms with van der Waals surface area (Å²) >= 11 is 0. The Labute approximate surface area is 172 Å². The lowest BCUT2D eigenvalue weighted by Gasteiger charge is -2.33. The van der Waals surface area contributed by atoms with Gasteiger partial charge in [-0.2, -0.15) is 0 Å². The number of aliphatic imine (C=N–C) groups is 1. The molecule has 0 bridgehead atoms. The van der Waals surface area contributed by atoms with Gasteiger partial charge in [-0.05, 0) is 70.6 Å². The van der Waals surface area contributed by atoms with Gasteiger partial charge in [-0.25, -0.2) is 17.9 Å². The molecule has 3 rings (SSSR count). The lowest BCUT2D eigenvalue weighted by molar-refractivity contribution is 0.0187. The molecule has 2 heterocycles. The van der Waals surface area contributed by atoms with Crippen LogP contribution in [0.3, 0.4) is 0 Å². The zero-order valence-electron chi connectivity index (χ0n) is 17.7. The maximum atomic E-state index is 12.6. The maximum Gasteiger partial charge on any atom is 0.410 e. The van der Waals surface area contributed by atoms with Crippen LogP contribution in [0.4, 0.5) is 10.5 Å². The number of anilines is 1. The van der Waals surface area contributed by atoms with Gasteiger partial charge in [-0.3, -0.25) is 4.99 Å². The molecule has 2 aliphatic heterocycles. The minimum Gasteiger partial charge on any atom is -0.444 e. The summed E-state index contributed by atoms with van der Waals surface area (Å²) in [5.41, 5.74) is 1.70. The van der Waals surface area contributed by atoms with E-state index < -0.39 is 15.6 Å². The molecule has 0 atom stereocenters. The van der Waals surface area contributed by atoms with Gasteiger partial charge in [0.15, 0.2) is 0 Å². The second-order valence-electron chi connectivity index (χ2n) is 8.71. The van der Waals surface area contributed by atoms with Gasteiger partial charge in [0.25, 0.3) is 10.0 Å². The first-order chi connectivity index (χ1) is 13.5. The largest absolute Gasteiger partial charge is 0.444 e. The number of ether oxygens (including phenoxy) is 1. The van der Waals surface area contributed by atoms with Crippen molar-refractivity contribution in [2.45, 2.75) is 58.0 Å². The number of hydrogen-bond donors (Lipinski definition) is 2. The number of amides is 1. The van der Waals surface area contributed by atoms with Crippen LogP contribution in [0, 0.1) is 19.8 Å². The molecule has 0 aromatic heterocycles. The number of nitrogens with zero attached hydrogens (tertiary/aromatic N) is 2. The van der Waals surface area contributed by atoms with E-state index in [0.717, 1.165) is 24.0 Å². The minimum atomic E-state index is -3.65. The molecular weight excluding hydrogens is 392 g/mol. The van der Waals surface area contributed by atoms with Crippen LogP contribution < -0.4 is 10.0 Å². The number of aryl methyl sites for hydroxylation is 1. The highest BCUT2D eigenvalue weighted by atomic mass is 32.2. The van der Waals surface area contributed by atoms with Crippen LogP contribution in [0.5, 0.6) is 0 Å². The van der Waals surface area contributed by atoms with Crippen LogP contribution >= 0.6 is 0 Å². The molecule has 29 heavy (non-hydrogen) atoms. The molecule has 0 saturated carbocycles. The number of carbonyl (C=O) groups excluding carboxylic acids is 1. The summed E-state index contributed by atoms with van der Waals surface area (Å²) in [5, 5.41) is 3.09. The van der Waals surface area contributed by atoms with Crippen molar-refractivity contribution < 1.29 is 17.9 Å². The van der Waals surface area contributed by atoms with Crippen LogP contribution in [-0.2, 0) is 14.8 Å². The van der Waals surface area contributed by atoms with E-state index in [-0.39, 0.29) is 22.9 Å². The van der Waals surface area contributed by atoms with Crippen molar-refractivity contribution in [3.8, 4) is 0 Å². The molecule has 2 N–H and O–H groups in total. The summed E-state index contributed by atoms with van der Waals surface area (Å²) in [4.78, 5) is 18.6. The van der Waals surface area contributed by atoms with Crippen molar-refractivity contribution in [2.75, 3.05) is 25.0 Å². The molecule has 0 unspecified atom stereocenters. The second kappa shape index (κ2) is 7.85. The summed E-state index contributed by atoms with van der Waals surface area (Å²) in [6.45, 7) is 11.0. The summed E-state index contributed by atoms with van der Waals surface area (Å²) in [5.74, 6) is 0.531. The number of nitrogens with one attached hydrogen (secondary N) is 2. The van der Waals surface area contributed by atoms with Gasteiger partial charge in [0.05, 0.1) is 5.69 Å². The van der Waals surface area contributed by atoms with Crippen molar-refractivity contribution in [3.63, 3.8) is 0 Å². The smallest absolute Gasteiger partial charge is 0.410 e. The van der Waals surface area contributed by atoms with Crippen molar-refractivity contribution >= 4 is 27.8 Å². The molecule has 9 heteroatoms. The quantitative estimate of drug-likeness (QED) is 0.763. The number of rotatable bonds is 2. The van der Waals surface area contributed by atoms with Crippen molar-refractivity contribution in [1.82, 2.24) is 9.62 Å². The topological polar surface area (TPSA) is 100 Å². The second-order valence-corrected chi connectivity index (χ2v) is 10.3. The summed E-state index contributed by atoms with van der Waals surface area (Å²) < 4.78 is 33.2. The lowest BCUT2D eigenvalue weighted by atomic mass is 9.97. The van der Waals surface area contributed by atoms with Crippen molar-refractivity contribution in [2.24, 2.45) is 10.9 Å². The molecular formula is C20H30N4O4S. The van der Waals surface area contributed by atoms with E-state index >= 15 is 0 Å². The molecule has 0 aliphatic carbocycles. The van der Waals surface area contributed by atoms with Crippen molar-refractivity contribution in [3.05, 3.63) is 23.3 Å². The fraction of sp³-hybridized carbons (Fsp3) is 0.600. The first-order valence-corrected chi connectivity index (χ1v) is 11.4. The predicted molar refractivity (Wildman–Crippen MR) is 113 cm³/mol. The highest BCUT2D eigenvalue weighted by Gasteiger charge is 2.30. The molecule has 1 saturated heterocycles. The van der Waals surface area contributed by atoms with Gasteiger partial charge in [-0.15, -0.1) is 0 Å². The number of likely N-dealkylation sites (tertiary alicyclic amines) is 1. The third kappa shape index (κ3) is 5.01. The highest BCUT2D eigenvalue weighted by Crippen LogP contribution is 2.30. The standard InChI is InChI=1S/C20H30N4O4S/c1-13-6-7-16-17(14(13)2)29(26,27)23-18(22-16)21-12-15-8-10-24(11-9-15)19(25)28-20(3,4)5/h6-7,15H,8-12H2,1-5H3,(H2,21,22,23). The zero-order chi connectivity index (χ0) is 21.4. The number of benzene rings is 1. The third-order valence-corrected chi connectivity index (χ3v) is 6.73. The van der Waals surface area contributed by atoms with E-state index in [1.807, 2.05) is 33.8 Å². The van der Waals surface area contributed by atoms with E-state index in [9.17, 15) is 13.2 Å². The molecule has 1 amide bonds. The highest BCUT2D eigenvalue weighted by molar-refractivity contribution is 7.90. The first kappa shape index (κ1) is 21.4. The molecule has 2 aliphatic rings. The fourth-order valence-corrected chi connectivity index (χ4v) is 4.93. The van der Waals surface area contributed by atoms with Gasteiger partial charge >= 0.3 is 6.09 Å². The Hall–Kier alpha value is -2.29. The molecule has 1 fully saturated rings. The van der Waals surface area contributed by atoms with Crippen LogP contribution in [0.1, 0.15) is 44.7 Å². The molecule has 1 aromatic rings. The van der Waals surface area contributed by atoms with Gasteiger partial charge in [0.1, 0.15) is 10.5 Å². The van der Waals surface area contributed by atoms with Gasteiger partial charge < -0.3 is 15.0 Å². The Morgan fingerprint density at radius 1 is 1.24 bits per heavy atom. The Morgan fingerprint density at radius 2 is 1.90 bits per heavy atom. The van der Waals surface area contributed by atoms with Crippen molar-refractivity contribution in [1.29, 1.82) is 0 Å². The number of piperidine rings is 1. The van der Waals surface area contributed by atoms with Crippen LogP contribution in [0.15, 0.2) is 22.0 Å². The van der Waals surface area contributed by atoms with E-state index in [1.165, 1.54) is 0 Å². The monoisotopic (exact) mass is 422 g/mol. The summed E-state index contributed by atoms with van der Waals surface area (Å²) in [6.07, 6.45) is 1.32. The number of fused-ring (bicyclic) bond motifs is 1.